The minimum atomic E-state index is -0.939. The predicted molar refractivity (Wildman–Crippen MR) is 102 cm³/mol. The second-order valence-electron chi connectivity index (χ2n) is 7.88. The summed E-state index contributed by atoms with van der Waals surface area (Å²) in [7, 11) is 0. The van der Waals surface area contributed by atoms with Crippen LogP contribution in [0.3, 0.4) is 0 Å². The van der Waals surface area contributed by atoms with Gasteiger partial charge in [-0.3, -0.25) is 29.4 Å². The van der Waals surface area contributed by atoms with Gasteiger partial charge < -0.3 is 10.6 Å². The first kappa shape index (κ1) is 18.6. The van der Waals surface area contributed by atoms with Crippen LogP contribution in [-0.4, -0.2) is 53.2 Å². The highest BCUT2D eigenvalue weighted by Gasteiger charge is 2.44. The number of carbonyl (C=O) groups excluding carboxylic acids is 4. The van der Waals surface area contributed by atoms with Gasteiger partial charge in [0.1, 0.15) is 6.04 Å². The van der Waals surface area contributed by atoms with Gasteiger partial charge in [-0.25, -0.2) is 0 Å². The average molecular weight is 384 g/mol. The van der Waals surface area contributed by atoms with Crippen LogP contribution in [0.1, 0.15) is 59.7 Å². The van der Waals surface area contributed by atoms with Gasteiger partial charge in [0.25, 0.3) is 11.8 Å². The lowest BCUT2D eigenvalue weighted by Crippen LogP contribution is -2.54. The molecule has 0 spiro atoms. The number of nitrogens with two attached hydrogens (primary N) is 1. The fourth-order valence-electron chi connectivity index (χ4n) is 4.22. The zero-order valence-electron chi connectivity index (χ0n) is 15.9. The van der Waals surface area contributed by atoms with Gasteiger partial charge in [0.15, 0.2) is 0 Å². The second-order valence-corrected chi connectivity index (χ2v) is 7.88. The van der Waals surface area contributed by atoms with E-state index in [-0.39, 0.29) is 24.3 Å². The van der Waals surface area contributed by atoms with E-state index in [0.717, 1.165) is 42.9 Å². The molecular weight excluding hydrogens is 360 g/mol. The van der Waals surface area contributed by atoms with Crippen molar-refractivity contribution in [3.05, 3.63) is 29.3 Å². The Morgan fingerprint density at radius 2 is 1.79 bits per heavy atom. The summed E-state index contributed by atoms with van der Waals surface area (Å²) in [5.74, 6) is -1.93. The van der Waals surface area contributed by atoms with Crippen LogP contribution < -0.4 is 16.0 Å². The zero-order chi connectivity index (χ0) is 20.1. The molecule has 0 aliphatic carbocycles. The molecule has 2 fully saturated rings. The highest BCUT2D eigenvalue weighted by molar-refractivity contribution is 6.23. The van der Waals surface area contributed by atoms with Crippen LogP contribution >= 0.6 is 0 Å². The van der Waals surface area contributed by atoms with Crippen molar-refractivity contribution in [2.45, 2.75) is 50.6 Å². The molecule has 3 heterocycles. The van der Waals surface area contributed by atoms with E-state index in [1.54, 1.807) is 12.1 Å². The molecule has 1 atom stereocenters. The van der Waals surface area contributed by atoms with E-state index in [1.807, 2.05) is 6.07 Å². The molecule has 0 bridgehead atoms. The van der Waals surface area contributed by atoms with Gasteiger partial charge in [-0.15, -0.1) is 0 Å². The Labute approximate surface area is 163 Å². The van der Waals surface area contributed by atoms with Crippen molar-refractivity contribution in [2.75, 3.05) is 18.0 Å². The quantitative estimate of drug-likeness (QED) is 0.745. The fourth-order valence-corrected chi connectivity index (χ4v) is 4.22. The summed E-state index contributed by atoms with van der Waals surface area (Å²) < 4.78 is 0. The van der Waals surface area contributed by atoms with Crippen LogP contribution in [0.15, 0.2) is 18.2 Å². The molecule has 2 saturated heterocycles. The molecule has 0 aromatic heterocycles. The number of anilines is 1. The molecule has 4 rings (SSSR count). The number of imide groups is 2. The normalized spacial score (nSPS) is 24.4. The summed E-state index contributed by atoms with van der Waals surface area (Å²) in [6.45, 7) is 3.68. The van der Waals surface area contributed by atoms with E-state index in [1.165, 1.54) is 0 Å². The van der Waals surface area contributed by atoms with E-state index in [2.05, 4.69) is 17.1 Å². The van der Waals surface area contributed by atoms with E-state index in [4.69, 9.17) is 5.73 Å². The highest BCUT2D eigenvalue weighted by atomic mass is 16.2. The summed E-state index contributed by atoms with van der Waals surface area (Å²) in [5.41, 5.74) is 7.71. The van der Waals surface area contributed by atoms with Crippen LogP contribution in [-0.2, 0) is 9.59 Å². The third-order valence-electron chi connectivity index (χ3n) is 6.25. The topological polar surface area (TPSA) is 113 Å². The van der Waals surface area contributed by atoms with Gasteiger partial charge in [0, 0.05) is 30.7 Å². The molecule has 8 nitrogen and oxygen atoms in total. The van der Waals surface area contributed by atoms with Gasteiger partial charge in [-0.05, 0) is 43.9 Å². The number of rotatable bonds is 3. The Kier molecular flexibility index (Phi) is 4.45. The number of carbonyl (C=O) groups is 4. The van der Waals surface area contributed by atoms with Crippen molar-refractivity contribution in [3.63, 3.8) is 0 Å². The minimum Gasteiger partial charge on any atom is -0.371 e. The Hall–Kier alpha value is -2.74. The molecule has 0 radical (unpaired) electrons. The van der Waals surface area contributed by atoms with Gasteiger partial charge in [0.2, 0.25) is 11.8 Å². The maximum Gasteiger partial charge on any atom is 0.262 e. The van der Waals surface area contributed by atoms with Gasteiger partial charge in [-0.2, -0.15) is 0 Å². The highest BCUT2D eigenvalue weighted by Crippen LogP contribution is 2.32. The smallest absolute Gasteiger partial charge is 0.262 e. The molecular formula is C20H24N4O4. The number of hydrogen-bond donors (Lipinski definition) is 2. The lowest BCUT2D eigenvalue weighted by Gasteiger charge is -2.39. The lowest BCUT2D eigenvalue weighted by atomic mass is 9.86. The number of nitrogens with one attached hydrogen (secondary N) is 1. The van der Waals surface area contributed by atoms with Gasteiger partial charge in [0.05, 0.1) is 11.1 Å². The van der Waals surface area contributed by atoms with E-state index in [9.17, 15) is 19.2 Å². The minimum absolute atomic E-state index is 0.112. The van der Waals surface area contributed by atoms with Crippen LogP contribution in [0, 0.1) is 0 Å². The fraction of sp³-hybridized carbons (Fsp3) is 0.500. The van der Waals surface area contributed by atoms with Gasteiger partial charge >= 0.3 is 0 Å². The maximum absolute atomic E-state index is 12.9. The third-order valence-corrected chi connectivity index (χ3v) is 6.25. The zero-order valence-corrected chi connectivity index (χ0v) is 15.9. The first-order chi connectivity index (χ1) is 13.3. The number of fused-ring (bicyclic) bond motifs is 1. The molecule has 8 heteroatoms. The number of amides is 4. The Bertz CT molecular complexity index is 873. The number of piperidine rings is 2. The van der Waals surface area contributed by atoms with Crippen LogP contribution in [0.5, 0.6) is 0 Å². The predicted octanol–water partition coefficient (Wildman–Crippen LogP) is 0.796. The number of nitrogens with zero attached hydrogens (tertiary/aromatic N) is 2. The molecule has 28 heavy (non-hydrogen) atoms. The monoisotopic (exact) mass is 384 g/mol. The van der Waals surface area contributed by atoms with Crippen molar-refractivity contribution in [3.8, 4) is 0 Å². The first-order valence-electron chi connectivity index (χ1n) is 9.72. The van der Waals surface area contributed by atoms with Crippen molar-refractivity contribution >= 4 is 29.3 Å². The van der Waals surface area contributed by atoms with E-state index >= 15 is 0 Å². The summed E-state index contributed by atoms with van der Waals surface area (Å²) in [6.07, 6.45) is 2.94. The molecule has 3 aliphatic heterocycles. The van der Waals surface area contributed by atoms with Crippen molar-refractivity contribution < 1.29 is 19.2 Å². The summed E-state index contributed by atoms with van der Waals surface area (Å²) in [6, 6.07) is 4.29. The molecule has 4 amide bonds. The average Bonchev–Trinajstić information content (AvgIpc) is 2.93. The van der Waals surface area contributed by atoms with Crippen LogP contribution in [0.2, 0.25) is 0 Å². The lowest BCUT2D eigenvalue weighted by molar-refractivity contribution is -0.136. The van der Waals surface area contributed by atoms with Crippen LogP contribution in [0.4, 0.5) is 5.69 Å². The Morgan fingerprint density at radius 1 is 1.11 bits per heavy atom. The maximum atomic E-state index is 12.9. The molecule has 3 N–H and O–H groups in total. The van der Waals surface area contributed by atoms with Crippen molar-refractivity contribution in [2.24, 2.45) is 5.73 Å². The Morgan fingerprint density at radius 3 is 2.43 bits per heavy atom. The van der Waals surface area contributed by atoms with Crippen molar-refractivity contribution in [1.29, 1.82) is 0 Å². The van der Waals surface area contributed by atoms with Crippen LogP contribution in [0.25, 0.3) is 0 Å². The molecule has 1 unspecified atom stereocenters. The molecule has 148 valence electrons. The number of benzene rings is 1. The standard InChI is InChI=1S/C20H24N4O4/c1-2-20(21)7-9-23(10-8-20)12-3-4-13-14(11-12)19(28)24(18(13)27)15-5-6-16(25)22-17(15)26/h3-4,11,15H,2,5-10,21H2,1H3,(H,22,25,26). The van der Waals surface area contributed by atoms with E-state index < -0.39 is 23.8 Å². The summed E-state index contributed by atoms with van der Waals surface area (Å²) >= 11 is 0. The molecule has 1 aromatic carbocycles. The largest absolute Gasteiger partial charge is 0.371 e. The van der Waals surface area contributed by atoms with Crippen molar-refractivity contribution in [1.82, 2.24) is 10.2 Å². The third kappa shape index (κ3) is 2.97. The number of hydrogen-bond acceptors (Lipinski definition) is 6. The second kappa shape index (κ2) is 6.70. The molecule has 0 saturated carbocycles. The summed E-state index contributed by atoms with van der Waals surface area (Å²) in [4.78, 5) is 52.4. The summed E-state index contributed by atoms with van der Waals surface area (Å²) in [5, 5.41) is 2.21. The molecule has 3 aliphatic rings. The SMILES string of the molecule is CCC1(N)CCN(c2ccc3c(c2)C(=O)N(C2CCC(=O)NC2=O)C3=O)CC1. The molecule has 1 aromatic rings. The first-order valence-corrected chi connectivity index (χ1v) is 9.72. The Balaban J connectivity index is 1.56. The van der Waals surface area contributed by atoms with Gasteiger partial charge in [-0.1, -0.05) is 6.92 Å². The van der Waals surface area contributed by atoms with E-state index in [0.29, 0.717) is 11.1 Å².